The third-order valence-corrected chi connectivity index (χ3v) is 2.22. The van der Waals surface area contributed by atoms with E-state index in [2.05, 4.69) is 25.8 Å². The molecule has 0 unspecified atom stereocenters. The van der Waals surface area contributed by atoms with Crippen LogP contribution in [0.2, 0.25) is 0 Å². The number of nitrogens with one attached hydrogen (secondary N) is 2. The van der Waals surface area contributed by atoms with Crippen molar-refractivity contribution in [2.45, 2.75) is 6.54 Å². The van der Waals surface area contributed by atoms with Crippen molar-refractivity contribution in [3.05, 3.63) is 36.2 Å². The molecule has 1 amide bonds. The number of hydrogen-bond acceptors (Lipinski definition) is 6. The van der Waals surface area contributed by atoms with E-state index in [1.165, 1.54) is 6.20 Å². The van der Waals surface area contributed by atoms with Gasteiger partial charge in [-0.05, 0) is 12.1 Å². The Balaban J connectivity index is 1.94. The molecule has 0 bridgehead atoms. The summed E-state index contributed by atoms with van der Waals surface area (Å²) in [6.45, 7) is 0.262. The fraction of sp³-hybridized carbons (Fsp3) is 0.200. The van der Waals surface area contributed by atoms with Crippen LogP contribution in [0.4, 0.5) is 5.69 Å². The molecule has 2 rings (SSSR count). The molecule has 2 aromatic heterocycles. The second kappa shape index (κ2) is 5.23. The van der Waals surface area contributed by atoms with Crippen molar-refractivity contribution in [2.24, 2.45) is 12.9 Å². The number of hydrogen-bond donors (Lipinski definition) is 3. The lowest BCUT2D eigenvalue weighted by atomic mass is 10.3. The van der Waals surface area contributed by atoms with Gasteiger partial charge in [0, 0.05) is 7.05 Å². The zero-order valence-electron chi connectivity index (χ0n) is 9.79. The summed E-state index contributed by atoms with van der Waals surface area (Å²) >= 11 is 0. The Bertz CT molecular complexity index is 533. The lowest BCUT2D eigenvalue weighted by Crippen LogP contribution is -2.24. The highest BCUT2D eigenvalue weighted by Crippen LogP contribution is 2.03. The van der Waals surface area contributed by atoms with Crippen LogP contribution in [-0.2, 0) is 13.6 Å². The van der Waals surface area contributed by atoms with Crippen molar-refractivity contribution >= 4 is 11.6 Å². The molecule has 2 heterocycles. The minimum Gasteiger partial charge on any atom is -0.343 e. The lowest BCUT2D eigenvalue weighted by Gasteiger charge is -2.03. The van der Waals surface area contributed by atoms with Crippen LogP contribution in [0.3, 0.4) is 0 Å². The summed E-state index contributed by atoms with van der Waals surface area (Å²) in [5.74, 6) is 5.46. The average Bonchev–Trinajstić information content (AvgIpc) is 2.82. The van der Waals surface area contributed by atoms with Crippen LogP contribution < -0.4 is 16.6 Å². The number of carbonyl (C=O) groups excluding carboxylic acids is 1. The Morgan fingerprint density at radius 1 is 1.44 bits per heavy atom. The standard InChI is InChI=1S/C10H13N7O/c1-17-6-14-9(16-17)5-13-10(18)8-3-2-7(15-11)4-12-8/h2-4,6,15H,5,11H2,1H3,(H,13,18). The second-order valence-corrected chi connectivity index (χ2v) is 3.59. The number of carbonyl (C=O) groups is 1. The summed E-state index contributed by atoms with van der Waals surface area (Å²) in [5.41, 5.74) is 3.38. The topological polar surface area (TPSA) is 111 Å². The number of aryl methyl sites for hydroxylation is 1. The molecule has 0 spiro atoms. The molecule has 8 heteroatoms. The van der Waals surface area contributed by atoms with Gasteiger partial charge in [0.25, 0.3) is 5.91 Å². The Hall–Kier alpha value is -2.48. The molecule has 4 N–H and O–H groups in total. The molecule has 0 aliphatic rings. The van der Waals surface area contributed by atoms with E-state index in [4.69, 9.17) is 5.84 Å². The summed E-state index contributed by atoms with van der Waals surface area (Å²) in [6.07, 6.45) is 3.05. The average molecular weight is 247 g/mol. The van der Waals surface area contributed by atoms with Crippen LogP contribution in [0.25, 0.3) is 0 Å². The van der Waals surface area contributed by atoms with Gasteiger partial charge in [-0.1, -0.05) is 0 Å². The molecule has 0 saturated carbocycles. The fourth-order valence-electron chi connectivity index (χ4n) is 1.33. The molecular weight excluding hydrogens is 234 g/mol. The number of amides is 1. The van der Waals surface area contributed by atoms with Crippen LogP contribution in [0.15, 0.2) is 24.7 Å². The molecule has 8 nitrogen and oxygen atoms in total. The van der Waals surface area contributed by atoms with Crippen LogP contribution >= 0.6 is 0 Å². The summed E-state index contributed by atoms with van der Waals surface area (Å²) < 4.78 is 1.57. The van der Waals surface area contributed by atoms with Gasteiger partial charge in [0.15, 0.2) is 5.82 Å². The number of anilines is 1. The van der Waals surface area contributed by atoms with Gasteiger partial charge in [0.05, 0.1) is 18.4 Å². The maximum Gasteiger partial charge on any atom is 0.270 e. The Morgan fingerprint density at radius 2 is 2.28 bits per heavy atom. The van der Waals surface area contributed by atoms with E-state index >= 15 is 0 Å². The maximum absolute atomic E-state index is 11.7. The molecule has 2 aromatic rings. The molecule has 0 aliphatic carbocycles. The van der Waals surface area contributed by atoms with Crippen LogP contribution in [0, 0.1) is 0 Å². The Kier molecular flexibility index (Phi) is 3.49. The van der Waals surface area contributed by atoms with Gasteiger partial charge in [0.2, 0.25) is 0 Å². The smallest absolute Gasteiger partial charge is 0.270 e. The van der Waals surface area contributed by atoms with Gasteiger partial charge in [0.1, 0.15) is 12.0 Å². The van der Waals surface area contributed by atoms with E-state index < -0.39 is 0 Å². The first-order valence-electron chi connectivity index (χ1n) is 5.24. The van der Waals surface area contributed by atoms with Crippen LogP contribution in [0.1, 0.15) is 16.3 Å². The highest BCUT2D eigenvalue weighted by molar-refractivity contribution is 5.92. The van der Waals surface area contributed by atoms with Crippen molar-refractivity contribution in [3.8, 4) is 0 Å². The van der Waals surface area contributed by atoms with Crippen LogP contribution in [0.5, 0.6) is 0 Å². The first-order valence-corrected chi connectivity index (χ1v) is 5.24. The predicted octanol–water partition coefficient (Wildman–Crippen LogP) is -0.574. The van der Waals surface area contributed by atoms with E-state index in [9.17, 15) is 4.79 Å². The van der Waals surface area contributed by atoms with Crippen molar-refractivity contribution < 1.29 is 4.79 Å². The van der Waals surface area contributed by atoms with Gasteiger partial charge >= 0.3 is 0 Å². The van der Waals surface area contributed by atoms with Crippen LogP contribution in [-0.4, -0.2) is 25.7 Å². The largest absolute Gasteiger partial charge is 0.343 e. The quantitative estimate of drug-likeness (QED) is 0.492. The molecule has 0 radical (unpaired) electrons. The highest BCUT2D eigenvalue weighted by atomic mass is 16.1. The Labute approximate surface area is 103 Å². The molecule has 0 fully saturated rings. The van der Waals surface area contributed by atoms with Gasteiger partial charge in [-0.15, -0.1) is 0 Å². The summed E-state index contributed by atoms with van der Waals surface area (Å²) in [4.78, 5) is 19.7. The molecule has 0 atom stereocenters. The van der Waals surface area contributed by atoms with E-state index in [1.807, 2.05) is 0 Å². The maximum atomic E-state index is 11.7. The monoisotopic (exact) mass is 247 g/mol. The van der Waals surface area contributed by atoms with Crippen molar-refractivity contribution in [2.75, 3.05) is 5.43 Å². The number of hydrazine groups is 1. The molecular formula is C10H13N7O. The highest BCUT2D eigenvalue weighted by Gasteiger charge is 2.07. The minimum absolute atomic E-state index is 0.262. The Morgan fingerprint density at radius 3 is 2.83 bits per heavy atom. The normalized spacial score (nSPS) is 10.1. The summed E-state index contributed by atoms with van der Waals surface area (Å²) in [7, 11) is 1.76. The number of nitrogens with zero attached hydrogens (tertiary/aromatic N) is 4. The number of pyridine rings is 1. The molecule has 0 saturated heterocycles. The van der Waals surface area contributed by atoms with Gasteiger partial charge in [-0.3, -0.25) is 15.3 Å². The van der Waals surface area contributed by atoms with E-state index in [0.717, 1.165) is 0 Å². The van der Waals surface area contributed by atoms with E-state index in [-0.39, 0.29) is 12.5 Å². The molecule has 0 aromatic carbocycles. The molecule has 18 heavy (non-hydrogen) atoms. The van der Waals surface area contributed by atoms with E-state index in [0.29, 0.717) is 17.2 Å². The third kappa shape index (κ3) is 2.80. The van der Waals surface area contributed by atoms with Crippen molar-refractivity contribution in [1.29, 1.82) is 0 Å². The summed E-state index contributed by atoms with van der Waals surface area (Å²) in [5, 5.41) is 6.72. The number of nitrogens with two attached hydrogens (primary N) is 1. The number of nitrogen functional groups attached to an aromatic ring is 1. The lowest BCUT2D eigenvalue weighted by molar-refractivity contribution is 0.0945. The van der Waals surface area contributed by atoms with Gasteiger partial charge in [-0.25, -0.2) is 9.97 Å². The van der Waals surface area contributed by atoms with Gasteiger partial charge < -0.3 is 10.7 Å². The zero-order valence-corrected chi connectivity index (χ0v) is 9.79. The van der Waals surface area contributed by atoms with Crippen molar-refractivity contribution in [1.82, 2.24) is 25.1 Å². The minimum atomic E-state index is -0.286. The molecule has 0 aliphatic heterocycles. The summed E-state index contributed by atoms with van der Waals surface area (Å²) in [6, 6.07) is 3.25. The third-order valence-electron chi connectivity index (χ3n) is 2.22. The first kappa shape index (κ1) is 12.0. The fourth-order valence-corrected chi connectivity index (χ4v) is 1.33. The number of rotatable bonds is 4. The first-order chi connectivity index (χ1) is 8.69. The molecule has 94 valence electrons. The number of aromatic nitrogens is 4. The van der Waals surface area contributed by atoms with Gasteiger partial charge in [-0.2, -0.15) is 5.10 Å². The zero-order chi connectivity index (χ0) is 13.0. The SMILES string of the molecule is Cn1cnc(CNC(=O)c2ccc(NN)cn2)n1. The predicted molar refractivity (Wildman–Crippen MR) is 64.2 cm³/mol. The second-order valence-electron chi connectivity index (χ2n) is 3.59. The van der Waals surface area contributed by atoms with E-state index in [1.54, 1.807) is 30.2 Å². The van der Waals surface area contributed by atoms with Crippen molar-refractivity contribution in [3.63, 3.8) is 0 Å².